The van der Waals surface area contributed by atoms with Crippen molar-refractivity contribution >= 4 is 190 Å². The molecule has 49 heteroatoms. The lowest BCUT2D eigenvalue weighted by Crippen LogP contribution is -2.36. The van der Waals surface area contributed by atoms with Gasteiger partial charge >= 0.3 is 24.2 Å². The predicted octanol–water partition coefficient (Wildman–Crippen LogP) is 14.7. The molecule has 18 rings (SSSR count). The molecular weight excluding hydrogens is 1910 g/mol. The van der Waals surface area contributed by atoms with Crippen molar-refractivity contribution < 1.29 is 89.5 Å². The number of nitrogens with two attached hydrogens (primary N) is 3. The van der Waals surface area contributed by atoms with Crippen LogP contribution in [0.25, 0.3) is 67.0 Å². The highest BCUT2D eigenvalue weighted by Crippen LogP contribution is 2.37. The molecule has 0 saturated carbocycles. The van der Waals surface area contributed by atoms with E-state index in [-0.39, 0.29) is 99.0 Å². The zero-order valence-corrected chi connectivity index (χ0v) is 84.5. The van der Waals surface area contributed by atoms with Crippen LogP contribution in [0.5, 0.6) is 0 Å². The number of benzene rings is 4. The first-order valence-corrected chi connectivity index (χ1v) is 46.1. The molecule has 47 nitrogen and oxygen atoms in total. The Morgan fingerprint density at radius 1 is 0.500 bits per heavy atom. The Morgan fingerprint density at radius 3 is 1.30 bits per heavy atom. The van der Waals surface area contributed by atoms with Gasteiger partial charge in [-0.3, -0.25) is 29.1 Å². The summed E-state index contributed by atoms with van der Waals surface area (Å²) >= 11 is 12.1. The summed E-state index contributed by atoms with van der Waals surface area (Å²) in [7, 11) is 6.36. The number of hydrogen-bond acceptors (Lipinski definition) is 36. The number of amides is 6. The number of nitrogens with one attached hydrogen (secondary N) is 6. The Morgan fingerprint density at radius 2 is 0.875 bits per heavy atom. The van der Waals surface area contributed by atoms with E-state index in [4.69, 9.17) is 96.3 Å². The van der Waals surface area contributed by atoms with Gasteiger partial charge in [0.05, 0.1) is 100 Å². The highest BCUT2D eigenvalue weighted by Gasteiger charge is 2.32. The van der Waals surface area contributed by atoms with Crippen LogP contribution in [0.4, 0.5) is 72.0 Å². The minimum Gasteiger partial charge on any atom is -0.477 e. The third kappa shape index (κ3) is 25.1. The zero-order valence-electron chi connectivity index (χ0n) is 83.0. The highest BCUT2D eigenvalue weighted by molar-refractivity contribution is 6.30. The SMILES string of the molecule is CN(C(=O)OC(C)(C)C)c1cc(Cl)nc2c(C(=O)O)cnn12.CNc1cc2nc3c(cnn13)C(=O)N[C@H](C)COCc1cc(c3oc(C)nc3c1)N2.Cc1nc2cc(COC[C@@H](C)N)cc(N)c2o1.Cc1nc2cc(COC[C@@H](C)NC(=O)c3cnn4c(N(C)C(=O)OC(C)(C)C)cc(Cl)nc34)cc(N)c2o1.Cc1nc2cc3cc(c2o1)Nc1cc(N(C)C(=O)OC(C)(C)C)n2ncc(c2n1)C(=O)N[C@H](C)COC3. The van der Waals surface area contributed by atoms with Gasteiger partial charge in [0.15, 0.2) is 68.5 Å². The van der Waals surface area contributed by atoms with Crippen LogP contribution < -0.4 is 63.8 Å². The average Bonchev–Trinajstić information content (AvgIpc) is 1.61. The quantitative estimate of drug-likeness (QED) is 0.0259. The summed E-state index contributed by atoms with van der Waals surface area (Å²) in [6.07, 6.45) is 3.64. The smallest absolute Gasteiger partial charge is 0.415 e. The molecule has 0 fully saturated rings. The molecule has 760 valence electrons. The second-order valence-electron chi connectivity index (χ2n) is 37.1. The maximum Gasteiger partial charge on any atom is 0.415 e. The molecule has 8 bridgehead atoms. The minimum absolute atomic E-state index is 0.0328. The number of aromatic carboxylic acids is 1. The Bertz CT molecular complexity index is 7550. The van der Waals surface area contributed by atoms with Crippen molar-refractivity contribution in [2.24, 2.45) is 5.73 Å². The molecule has 144 heavy (non-hydrogen) atoms. The normalized spacial score (nSPS) is 14.4. The maximum atomic E-state index is 13.1. The summed E-state index contributed by atoms with van der Waals surface area (Å²) in [6.45, 7) is 33.4. The van der Waals surface area contributed by atoms with Crippen molar-refractivity contribution in [3.63, 3.8) is 0 Å². The monoisotopic (exact) mass is 2020 g/mol. The topological polar surface area (TPSA) is 589 Å². The predicted molar refractivity (Wildman–Crippen MR) is 536 cm³/mol. The van der Waals surface area contributed by atoms with Crippen molar-refractivity contribution in [3.8, 4) is 0 Å². The van der Waals surface area contributed by atoms with E-state index in [1.54, 1.807) is 114 Å². The van der Waals surface area contributed by atoms with Gasteiger partial charge < -0.3 is 105 Å². The second kappa shape index (κ2) is 43.0. The number of fused-ring (bicyclic) bond motifs is 14. The van der Waals surface area contributed by atoms with Gasteiger partial charge in [-0.1, -0.05) is 23.2 Å². The number of anilines is 10. The van der Waals surface area contributed by atoms with Gasteiger partial charge in [0.2, 0.25) is 0 Å². The number of aromatic nitrogens is 16. The van der Waals surface area contributed by atoms with Crippen molar-refractivity contribution in [3.05, 3.63) is 176 Å². The molecule has 0 spiro atoms. The van der Waals surface area contributed by atoms with E-state index in [9.17, 15) is 33.6 Å². The maximum absolute atomic E-state index is 13.1. The molecular formula is C95H112Cl2N28O19. The first kappa shape index (κ1) is 104. The summed E-state index contributed by atoms with van der Waals surface area (Å²) in [5.41, 5.74) is 28.4. The third-order valence-corrected chi connectivity index (χ3v) is 21.3. The Kier molecular flexibility index (Phi) is 31.1. The fourth-order valence-corrected chi connectivity index (χ4v) is 15.1. The molecule has 4 atom stereocenters. The molecule has 2 aliphatic heterocycles. The number of oxazole rings is 4. The molecule has 12 aromatic heterocycles. The van der Waals surface area contributed by atoms with Gasteiger partial charge in [-0.05, 0) is 161 Å². The largest absolute Gasteiger partial charge is 0.477 e. The lowest BCUT2D eigenvalue weighted by Gasteiger charge is -2.25. The number of nitrogens with zero attached hydrogens (tertiary/aromatic N) is 19. The third-order valence-electron chi connectivity index (χ3n) is 20.9. The van der Waals surface area contributed by atoms with Gasteiger partial charge in [-0.2, -0.15) is 38.5 Å². The zero-order chi connectivity index (χ0) is 104. The average molecular weight is 2020 g/mol. The fraction of sp³-hybridized carbons (Fsp3) is 0.379. The van der Waals surface area contributed by atoms with Gasteiger partial charge in [-0.25, -0.2) is 59.0 Å². The van der Waals surface area contributed by atoms with E-state index in [1.165, 1.54) is 73.1 Å². The molecule has 6 amide bonds. The molecule has 16 aromatic rings. The van der Waals surface area contributed by atoms with Crippen molar-refractivity contribution in [2.45, 2.75) is 185 Å². The second-order valence-corrected chi connectivity index (χ2v) is 37.9. The minimum atomic E-state index is -1.18. The summed E-state index contributed by atoms with van der Waals surface area (Å²) in [6, 6.07) is 20.7. The van der Waals surface area contributed by atoms with Gasteiger partial charge in [0.1, 0.15) is 106 Å². The van der Waals surface area contributed by atoms with Crippen molar-refractivity contribution in [2.75, 3.05) is 96.7 Å². The summed E-state index contributed by atoms with van der Waals surface area (Å²) < 4.78 is 67.3. The number of hydrogen-bond donors (Lipinski definition) is 10. The van der Waals surface area contributed by atoms with Gasteiger partial charge in [0.25, 0.3) is 17.7 Å². The van der Waals surface area contributed by atoms with Crippen LogP contribution in [0.3, 0.4) is 0 Å². The highest BCUT2D eigenvalue weighted by atomic mass is 35.5. The first-order valence-electron chi connectivity index (χ1n) is 45.3. The number of nitrogen functional groups attached to an aromatic ring is 2. The summed E-state index contributed by atoms with van der Waals surface area (Å²) in [5, 5.41) is 44.5. The van der Waals surface area contributed by atoms with Crippen molar-refractivity contribution in [1.29, 1.82) is 0 Å². The lowest BCUT2D eigenvalue weighted by molar-refractivity contribution is 0.0577. The summed E-state index contributed by atoms with van der Waals surface area (Å²) in [4.78, 5) is 126. The summed E-state index contributed by atoms with van der Waals surface area (Å²) in [5.74, 6) is 2.52. The number of halogens is 2. The van der Waals surface area contributed by atoms with E-state index in [2.05, 4.69) is 92.2 Å². The van der Waals surface area contributed by atoms with Crippen LogP contribution in [0.1, 0.15) is 177 Å². The lowest BCUT2D eigenvalue weighted by atomic mass is 10.1. The molecule has 0 radical (unpaired) electrons. The number of carboxylic acid groups (broad SMARTS) is 1. The number of carbonyl (C=O) groups is 7. The number of aryl methyl sites for hydroxylation is 4. The van der Waals surface area contributed by atoms with Crippen LogP contribution in [-0.4, -0.2) is 221 Å². The van der Waals surface area contributed by atoms with E-state index in [0.29, 0.717) is 154 Å². The molecule has 14 heterocycles. The van der Waals surface area contributed by atoms with Crippen LogP contribution in [-0.2, 0) is 59.6 Å². The Labute approximate surface area is 832 Å². The van der Waals surface area contributed by atoms with Crippen LogP contribution in [0, 0.1) is 27.7 Å². The van der Waals surface area contributed by atoms with E-state index < -0.39 is 47.0 Å². The molecule has 0 unspecified atom stereocenters. The number of ether oxygens (including phenoxy) is 7. The molecule has 0 saturated heterocycles. The number of carbonyl (C=O) groups excluding carboxylic acids is 6. The molecule has 13 N–H and O–H groups in total. The van der Waals surface area contributed by atoms with E-state index in [0.717, 1.165) is 45.2 Å². The van der Waals surface area contributed by atoms with Crippen LogP contribution in [0.2, 0.25) is 10.3 Å². The Hall–Kier alpha value is -15.7. The van der Waals surface area contributed by atoms with Gasteiger partial charge in [0, 0.05) is 104 Å². The fourth-order valence-electron chi connectivity index (χ4n) is 14.8. The standard InChI is InChI=1S/C25H30ClN7O5.C25H29N7O5.C20H21N7O3.C13H15ClN4O4.C12H17N3O2/c1-13(11-36-12-15-7-17(27)21-18(8-15)30-14(2)37-21)29-23(34)16-10-28-33-20(9-19(26)31-22(16)33)32(6)24(35)38-25(3,4)5;1-13-11-35-12-15-7-17-21(36-14(2)28-17)18(8-15)29-19-9-20(31(6)24(34)37-25(3,4)5)32-22(30-19)16(10-26-32)23(33)27-13;1-10-8-29-9-12-4-14-18(30-11(2)24-14)15(5-12)25-16-6-17(21-3)27-19(26-16)13(7-22-27)20(28)23-10;1-13(2,3)22-12(21)17(4)9-5-8(14)16-10-7(11(19)20)6-15-18(9)10;1-7(13)5-16-6-9-3-10(14)12-11(4-9)15-8(2)17-12/h7-10,13H,11-12,27H2,1-6H3,(H,29,34);7-10,13H,11-12H2,1-6H3,(H,27,33)(H,29,30);4-7,10,21H,8-9H2,1-3H3,(H,23,28)(H,25,26);5-6H,1-4H3,(H,19,20);3-4,7H,5-6,13-14H2,1-2H3/t2*13-;10-;;7-/m111.1/s1. The van der Waals surface area contributed by atoms with Crippen LogP contribution >= 0.6 is 23.2 Å². The number of rotatable bonds is 15. The molecule has 4 aromatic carbocycles. The Balaban J connectivity index is 0.000000146. The van der Waals surface area contributed by atoms with E-state index in [1.807, 2.05) is 83.1 Å². The van der Waals surface area contributed by atoms with Crippen molar-refractivity contribution in [1.82, 2.24) is 94.3 Å². The number of carboxylic acids is 1. The molecule has 2 aliphatic rings. The van der Waals surface area contributed by atoms with Crippen LogP contribution in [0.15, 0.2) is 115 Å². The first-order chi connectivity index (χ1) is 68.0. The van der Waals surface area contributed by atoms with Gasteiger partial charge in [-0.15, -0.1) is 0 Å². The van der Waals surface area contributed by atoms with E-state index >= 15 is 0 Å². The molecule has 0 aliphatic carbocycles.